The van der Waals surface area contributed by atoms with Gasteiger partial charge in [-0.15, -0.1) is 22.7 Å². The molecule has 2 aromatic heterocycles. The van der Waals surface area contributed by atoms with E-state index in [2.05, 4.69) is 12.2 Å². The van der Waals surface area contributed by atoms with E-state index in [4.69, 9.17) is 9.47 Å². The molecule has 8 heteroatoms. The van der Waals surface area contributed by atoms with Crippen LogP contribution in [-0.4, -0.2) is 35.3 Å². The van der Waals surface area contributed by atoms with Gasteiger partial charge in [-0.1, -0.05) is 25.5 Å². The molecule has 0 saturated heterocycles. The molecule has 0 unspecified atom stereocenters. The fourth-order valence-electron chi connectivity index (χ4n) is 2.70. The Morgan fingerprint density at radius 3 is 2.17 bits per heavy atom. The number of alkyl carbamates (subject to hydrolysis) is 1. The van der Waals surface area contributed by atoms with Crippen LogP contribution in [0, 0.1) is 0 Å². The first-order chi connectivity index (χ1) is 14.3. The van der Waals surface area contributed by atoms with E-state index in [0.717, 1.165) is 22.6 Å². The fourth-order valence-corrected chi connectivity index (χ4v) is 4.14. The molecule has 0 saturated carbocycles. The van der Waals surface area contributed by atoms with E-state index in [-0.39, 0.29) is 12.1 Å². The van der Waals surface area contributed by atoms with Gasteiger partial charge in [-0.05, 0) is 56.5 Å². The molecule has 0 aliphatic carbocycles. The Bertz CT molecular complexity index is 718. The van der Waals surface area contributed by atoms with Crippen LogP contribution in [0.25, 0.3) is 0 Å². The summed E-state index contributed by atoms with van der Waals surface area (Å²) < 4.78 is 11.1. The Morgan fingerprint density at radius 2 is 1.70 bits per heavy atom. The molecule has 0 bridgehead atoms. The van der Waals surface area contributed by atoms with E-state index < -0.39 is 18.3 Å². The molecule has 0 aliphatic rings. The first-order valence-corrected chi connectivity index (χ1v) is 12.0. The van der Waals surface area contributed by atoms with Gasteiger partial charge in [0.25, 0.3) is 0 Å². The zero-order chi connectivity index (χ0) is 22.0. The second-order valence-corrected chi connectivity index (χ2v) is 10.2. The van der Waals surface area contributed by atoms with E-state index in [1.54, 1.807) is 27.6 Å². The van der Waals surface area contributed by atoms with Gasteiger partial charge in [0, 0.05) is 15.3 Å². The van der Waals surface area contributed by atoms with Crippen molar-refractivity contribution in [2.75, 3.05) is 6.61 Å². The van der Waals surface area contributed by atoms with Gasteiger partial charge in [-0.25, -0.2) is 9.59 Å². The largest absolute Gasteiger partial charge is 0.446 e. The van der Waals surface area contributed by atoms with Crippen molar-refractivity contribution in [2.45, 2.75) is 71.7 Å². The molecule has 0 spiro atoms. The van der Waals surface area contributed by atoms with Crippen LogP contribution in [0.5, 0.6) is 0 Å². The van der Waals surface area contributed by atoms with Crippen molar-refractivity contribution in [1.29, 1.82) is 0 Å². The Balaban J connectivity index is 2.00. The van der Waals surface area contributed by atoms with Crippen LogP contribution in [0.15, 0.2) is 35.0 Å². The second kappa shape index (κ2) is 12.0. The van der Waals surface area contributed by atoms with Crippen molar-refractivity contribution in [3.63, 3.8) is 0 Å². The van der Waals surface area contributed by atoms with Crippen LogP contribution in [0.2, 0.25) is 0 Å². The number of ether oxygens (including phenoxy) is 2. The van der Waals surface area contributed by atoms with Crippen molar-refractivity contribution in [1.82, 2.24) is 10.2 Å². The van der Waals surface area contributed by atoms with Crippen LogP contribution in [0.1, 0.15) is 56.7 Å². The van der Waals surface area contributed by atoms with Gasteiger partial charge in [-0.2, -0.15) is 0 Å². The van der Waals surface area contributed by atoms with Crippen molar-refractivity contribution in [3.8, 4) is 0 Å². The van der Waals surface area contributed by atoms with Gasteiger partial charge < -0.3 is 14.8 Å². The molecule has 1 N–H and O–H groups in total. The lowest BCUT2D eigenvalue weighted by Gasteiger charge is -2.26. The standard InChI is InChI=1S/C22H32N2O4S2/c1-5-6-9-17(16-27-20(25)23-22(2,3)4)28-21(26)24(14-18-10-7-12-29-18)15-19-11-8-13-30-19/h7-8,10-13,17H,5-6,9,14-16H2,1-4H3,(H,23,25)/t17-/m0/s1. The summed E-state index contributed by atoms with van der Waals surface area (Å²) in [5.41, 5.74) is -0.384. The summed E-state index contributed by atoms with van der Waals surface area (Å²) >= 11 is 3.22. The number of thiophene rings is 2. The van der Waals surface area contributed by atoms with Crippen LogP contribution in [0.4, 0.5) is 9.59 Å². The minimum absolute atomic E-state index is 0.0412. The maximum absolute atomic E-state index is 13.0. The Kier molecular flexibility index (Phi) is 9.65. The molecule has 0 radical (unpaired) electrons. The molecule has 166 valence electrons. The first-order valence-electron chi connectivity index (χ1n) is 10.2. The van der Waals surface area contributed by atoms with E-state index in [1.807, 2.05) is 55.8 Å². The summed E-state index contributed by atoms with van der Waals surface area (Å²) in [6.07, 6.45) is 1.13. The number of hydrogen-bond donors (Lipinski definition) is 1. The van der Waals surface area contributed by atoms with Gasteiger partial charge in [0.2, 0.25) is 0 Å². The smallest absolute Gasteiger partial charge is 0.410 e. The zero-order valence-corrected chi connectivity index (χ0v) is 19.8. The van der Waals surface area contributed by atoms with Crippen LogP contribution < -0.4 is 5.32 Å². The highest BCUT2D eigenvalue weighted by molar-refractivity contribution is 7.10. The lowest BCUT2D eigenvalue weighted by atomic mass is 10.1. The molecular formula is C22H32N2O4S2. The van der Waals surface area contributed by atoms with Gasteiger partial charge in [0.05, 0.1) is 13.1 Å². The van der Waals surface area contributed by atoms with Gasteiger partial charge >= 0.3 is 12.2 Å². The fraction of sp³-hybridized carbons (Fsp3) is 0.545. The average Bonchev–Trinajstić information content (AvgIpc) is 3.36. The van der Waals surface area contributed by atoms with Crippen LogP contribution in [0.3, 0.4) is 0 Å². The third kappa shape index (κ3) is 9.17. The SMILES string of the molecule is CCCC[C@@H](COC(=O)NC(C)(C)C)OC(=O)N(Cc1cccs1)Cc1cccs1. The molecule has 6 nitrogen and oxygen atoms in total. The number of carbonyl (C=O) groups excluding carboxylic acids is 2. The topological polar surface area (TPSA) is 67.9 Å². The maximum Gasteiger partial charge on any atom is 0.410 e. The van der Waals surface area contributed by atoms with Crippen LogP contribution in [-0.2, 0) is 22.6 Å². The highest BCUT2D eigenvalue weighted by Gasteiger charge is 2.23. The minimum Gasteiger partial charge on any atom is -0.446 e. The maximum atomic E-state index is 13.0. The van der Waals surface area contributed by atoms with Crippen molar-refractivity contribution in [2.24, 2.45) is 0 Å². The third-order valence-corrected chi connectivity index (χ3v) is 5.86. The summed E-state index contributed by atoms with van der Waals surface area (Å²) in [4.78, 5) is 28.9. The highest BCUT2D eigenvalue weighted by Crippen LogP contribution is 2.19. The number of amides is 2. The van der Waals surface area contributed by atoms with E-state index >= 15 is 0 Å². The lowest BCUT2D eigenvalue weighted by Crippen LogP contribution is -2.42. The summed E-state index contributed by atoms with van der Waals surface area (Å²) in [5, 5.41) is 6.75. The molecule has 0 fully saturated rings. The first kappa shape index (κ1) is 24.2. The van der Waals surface area contributed by atoms with Crippen molar-refractivity contribution >= 4 is 34.9 Å². The number of nitrogens with zero attached hydrogens (tertiary/aromatic N) is 1. The third-order valence-electron chi connectivity index (χ3n) is 4.14. The Labute approximate surface area is 187 Å². The highest BCUT2D eigenvalue weighted by atomic mass is 32.1. The van der Waals surface area contributed by atoms with E-state index in [0.29, 0.717) is 19.5 Å². The molecule has 2 amide bonds. The molecule has 30 heavy (non-hydrogen) atoms. The molecule has 0 aliphatic heterocycles. The van der Waals surface area contributed by atoms with Gasteiger partial charge in [-0.3, -0.25) is 4.90 Å². The number of carbonyl (C=O) groups is 2. The molecule has 2 aromatic rings. The van der Waals surface area contributed by atoms with Gasteiger partial charge in [0.15, 0.2) is 0 Å². The lowest BCUT2D eigenvalue weighted by molar-refractivity contribution is 0.0170. The monoisotopic (exact) mass is 452 g/mol. The molecule has 1 atom stereocenters. The number of rotatable bonds is 10. The summed E-state index contributed by atoms with van der Waals surface area (Å²) in [5.74, 6) is 0. The Morgan fingerprint density at radius 1 is 1.10 bits per heavy atom. The minimum atomic E-state index is -0.505. The molecule has 2 rings (SSSR count). The molecule has 2 heterocycles. The van der Waals surface area contributed by atoms with E-state index in [9.17, 15) is 9.59 Å². The number of hydrogen-bond acceptors (Lipinski definition) is 6. The molecule has 0 aromatic carbocycles. The Hall–Kier alpha value is -2.06. The van der Waals surface area contributed by atoms with E-state index in [1.165, 1.54) is 0 Å². The predicted molar refractivity (Wildman–Crippen MR) is 122 cm³/mol. The normalized spacial score (nSPS) is 12.3. The number of nitrogens with one attached hydrogen (secondary N) is 1. The van der Waals surface area contributed by atoms with Gasteiger partial charge in [0.1, 0.15) is 12.7 Å². The summed E-state index contributed by atoms with van der Waals surface area (Å²) in [6, 6.07) is 7.96. The summed E-state index contributed by atoms with van der Waals surface area (Å²) in [6.45, 7) is 8.74. The zero-order valence-electron chi connectivity index (χ0n) is 18.2. The number of unbranched alkanes of at least 4 members (excludes halogenated alkanes) is 1. The van der Waals surface area contributed by atoms with Crippen LogP contribution >= 0.6 is 22.7 Å². The second-order valence-electron chi connectivity index (χ2n) is 8.14. The van der Waals surface area contributed by atoms with Crippen molar-refractivity contribution in [3.05, 3.63) is 44.8 Å². The quantitative estimate of drug-likeness (QED) is 0.478. The van der Waals surface area contributed by atoms with Crippen molar-refractivity contribution < 1.29 is 19.1 Å². The molecular weight excluding hydrogens is 420 g/mol. The summed E-state index contributed by atoms with van der Waals surface area (Å²) in [7, 11) is 0. The average molecular weight is 453 g/mol. The predicted octanol–water partition coefficient (Wildman–Crippen LogP) is 6.03.